The zero-order valence-corrected chi connectivity index (χ0v) is 23.8. The van der Waals surface area contributed by atoms with E-state index < -0.39 is 47.2 Å². The molecule has 44 heavy (non-hydrogen) atoms. The van der Waals surface area contributed by atoms with Crippen molar-refractivity contribution in [3.8, 4) is 0 Å². The highest BCUT2D eigenvalue weighted by molar-refractivity contribution is 5.64. The topological polar surface area (TPSA) is 70.9 Å². The first-order valence-corrected chi connectivity index (χ1v) is 14.0. The Morgan fingerprint density at radius 2 is 1.55 bits per heavy atom. The standard InChI is InChI=1S/C28H30F9N7/c1-16-10-22-23(14-21(16)28(35,36)37)44(20-4-7-38-8-5-20)9-3-6-25(22,39-24-40-42-43(2)41-24)15-17-11-18(26(29,30)31)13-19(12-17)27(32,33)34/h10-14,20,38H,3-9,15H2,1-2H3,(H,39,41). The molecule has 2 aromatic carbocycles. The van der Waals surface area contributed by atoms with E-state index in [2.05, 4.69) is 26.0 Å². The predicted octanol–water partition coefficient (Wildman–Crippen LogP) is 6.48. The highest BCUT2D eigenvalue weighted by Crippen LogP contribution is 2.47. The Labute approximate surface area is 246 Å². The van der Waals surface area contributed by atoms with Crippen molar-refractivity contribution in [1.29, 1.82) is 0 Å². The molecule has 0 bridgehead atoms. The van der Waals surface area contributed by atoms with E-state index in [1.807, 2.05) is 4.90 Å². The van der Waals surface area contributed by atoms with Crippen LogP contribution in [0.4, 0.5) is 51.1 Å². The second-order valence-electron chi connectivity index (χ2n) is 11.4. The fourth-order valence-electron chi connectivity index (χ4n) is 6.30. The van der Waals surface area contributed by atoms with Crippen LogP contribution in [0.2, 0.25) is 0 Å². The zero-order valence-electron chi connectivity index (χ0n) is 23.8. The lowest BCUT2D eigenvalue weighted by Gasteiger charge is -2.40. The average molecular weight is 636 g/mol. The third kappa shape index (κ3) is 6.59. The van der Waals surface area contributed by atoms with Crippen molar-refractivity contribution in [2.75, 3.05) is 29.9 Å². The van der Waals surface area contributed by atoms with Gasteiger partial charge in [0.15, 0.2) is 0 Å². The molecule has 1 atom stereocenters. The number of halogens is 9. The van der Waals surface area contributed by atoms with Gasteiger partial charge in [-0.3, -0.25) is 0 Å². The highest BCUT2D eigenvalue weighted by Gasteiger charge is 2.44. The van der Waals surface area contributed by atoms with E-state index >= 15 is 0 Å². The summed E-state index contributed by atoms with van der Waals surface area (Å²) in [6.45, 7) is 2.89. The second kappa shape index (κ2) is 11.4. The van der Waals surface area contributed by atoms with Gasteiger partial charge in [0.25, 0.3) is 5.95 Å². The summed E-state index contributed by atoms with van der Waals surface area (Å²) in [5.41, 5.74) is -5.26. The Morgan fingerprint density at radius 1 is 0.909 bits per heavy atom. The minimum Gasteiger partial charge on any atom is -0.368 e. The molecule has 3 aromatic rings. The second-order valence-corrected chi connectivity index (χ2v) is 11.4. The van der Waals surface area contributed by atoms with Crippen molar-refractivity contribution < 1.29 is 39.5 Å². The van der Waals surface area contributed by atoms with Crippen LogP contribution in [0.15, 0.2) is 30.3 Å². The molecule has 2 aliphatic heterocycles. The summed E-state index contributed by atoms with van der Waals surface area (Å²) >= 11 is 0. The van der Waals surface area contributed by atoms with Gasteiger partial charge in [-0.25, -0.2) is 0 Å². The van der Waals surface area contributed by atoms with E-state index in [0.29, 0.717) is 56.6 Å². The molecule has 0 radical (unpaired) electrons. The van der Waals surface area contributed by atoms with Gasteiger partial charge in [0.2, 0.25) is 0 Å². The lowest BCUT2D eigenvalue weighted by atomic mass is 9.78. The molecule has 1 saturated heterocycles. The van der Waals surface area contributed by atoms with Crippen molar-refractivity contribution in [1.82, 2.24) is 25.5 Å². The van der Waals surface area contributed by atoms with E-state index in [1.165, 1.54) is 20.0 Å². The normalized spacial score (nSPS) is 20.4. The molecule has 0 saturated carbocycles. The van der Waals surface area contributed by atoms with Gasteiger partial charge in [-0.05, 0) is 92.7 Å². The van der Waals surface area contributed by atoms with E-state index in [9.17, 15) is 39.5 Å². The van der Waals surface area contributed by atoms with Crippen LogP contribution in [0, 0.1) is 6.92 Å². The Balaban J connectivity index is 1.75. The van der Waals surface area contributed by atoms with E-state index in [4.69, 9.17) is 0 Å². The maximum absolute atomic E-state index is 14.2. The number of tetrazole rings is 1. The molecule has 240 valence electrons. The summed E-state index contributed by atoms with van der Waals surface area (Å²) < 4.78 is 125. The van der Waals surface area contributed by atoms with Gasteiger partial charge in [-0.2, -0.15) is 44.3 Å². The molecule has 5 rings (SSSR count). The minimum atomic E-state index is -5.07. The number of anilines is 2. The van der Waals surface area contributed by atoms with Crippen molar-refractivity contribution >= 4 is 11.6 Å². The molecule has 3 heterocycles. The molecular formula is C28H30F9N7. The van der Waals surface area contributed by atoms with Crippen molar-refractivity contribution in [2.24, 2.45) is 7.05 Å². The van der Waals surface area contributed by atoms with Gasteiger partial charge >= 0.3 is 18.5 Å². The van der Waals surface area contributed by atoms with Crippen LogP contribution in [0.25, 0.3) is 0 Å². The van der Waals surface area contributed by atoms with Crippen LogP contribution in [-0.2, 0) is 37.5 Å². The fraction of sp³-hybridized carbons (Fsp3) is 0.536. The molecule has 0 amide bonds. The molecule has 1 aromatic heterocycles. The zero-order chi connectivity index (χ0) is 32.1. The van der Waals surface area contributed by atoms with Gasteiger partial charge in [0.1, 0.15) is 0 Å². The maximum Gasteiger partial charge on any atom is 0.416 e. The summed E-state index contributed by atoms with van der Waals surface area (Å²) in [5, 5.41) is 18.1. The summed E-state index contributed by atoms with van der Waals surface area (Å²) in [6.07, 6.45) is -13.5. The monoisotopic (exact) mass is 635 g/mol. The smallest absolute Gasteiger partial charge is 0.368 e. The number of nitrogens with one attached hydrogen (secondary N) is 2. The number of piperidine rings is 1. The molecule has 0 spiro atoms. The molecule has 2 N–H and O–H groups in total. The Hall–Kier alpha value is -3.56. The summed E-state index contributed by atoms with van der Waals surface area (Å²) in [7, 11) is 1.47. The Kier molecular flexibility index (Phi) is 8.27. The third-order valence-electron chi connectivity index (χ3n) is 8.24. The number of fused-ring (bicyclic) bond motifs is 1. The van der Waals surface area contributed by atoms with Crippen LogP contribution < -0.4 is 15.5 Å². The number of hydrogen-bond acceptors (Lipinski definition) is 6. The lowest BCUT2D eigenvalue weighted by molar-refractivity contribution is -0.143. The molecular weight excluding hydrogens is 605 g/mol. The van der Waals surface area contributed by atoms with E-state index in [1.54, 1.807) is 0 Å². The molecule has 16 heteroatoms. The van der Waals surface area contributed by atoms with Gasteiger partial charge in [-0.15, -0.1) is 5.10 Å². The number of nitrogens with zero attached hydrogens (tertiary/aromatic N) is 5. The summed E-state index contributed by atoms with van der Waals surface area (Å²) in [5.74, 6) is -0.0747. The van der Waals surface area contributed by atoms with E-state index in [0.717, 1.165) is 10.9 Å². The van der Waals surface area contributed by atoms with Crippen molar-refractivity contribution in [2.45, 2.75) is 69.1 Å². The summed E-state index contributed by atoms with van der Waals surface area (Å²) in [4.78, 5) is 3.00. The van der Waals surface area contributed by atoms with E-state index in [-0.39, 0.29) is 41.3 Å². The van der Waals surface area contributed by atoms with Crippen molar-refractivity contribution in [3.05, 3.63) is 63.7 Å². The molecule has 7 nitrogen and oxygen atoms in total. The van der Waals surface area contributed by atoms with Crippen LogP contribution in [-0.4, -0.2) is 45.9 Å². The molecule has 1 fully saturated rings. The number of alkyl halides is 9. The molecule has 2 aliphatic rings. The Bertz CT molecular complexity index is 1460. The van der Waals surface area contributed by atoms with Crippen LogP contribution >= 0.6 is 0 Å². The summed E-state index contributed by atoms with van der Waals surface area (Å²) in [6, 6.07) is 3.59. The van der Waals surface area contributed by atoms with Crippen LogP contribution in [0.1, 0.15) is 59.1 Å². The first kappa shape index (κ1) is 31.9. The van der Waals surface area contributed by atoms with Gasteiger partial charge in [0.05, 0.1) is 29.3 Å². The highest BCUT2D eigenvalue weighted by atomic mass is 19.4. The maximum atomic E-state index is 14.2. The Morgan fingerprint density at radius 3 is 2.09 bits per heavy atom. The number of aryl methyl sites for hydroxylation is 2. The predicted molar refractivity (Wildman–Crippen MR) is 143 cm³/mol. The SMILES string of the molecule is Cc1cc2c(cc1C(F)(F)F)N(C1CCNCC1)CCCC2(Cc1cc(C(F)(F)F)cc(C(F)(F)F)c1)Nc1nnn(C)n1. The van der Waals surface area contributed by atoms with Gasteiger partial charge in [-0.1, -0.05) is 11.2 Å². The number of rotatable bonds is 5. The third-order valence-corrected chi connectivity index (χ3v) is 8.24. The quantitative estimate of drug-likeness (QED) is 0.313. The molecule has 0 aliphatic carbocycles. The van der Waals surface area contributed by atoms with Gasteiger partial charge < -0.3 is 15.5 Å². The fourth-order valence-corrected chi connectivity index (χ4v) is 6.30. The largest absolute Gasteiger partial charge is 0.416 e. The first-order valence-electron chi connectivity index (χ1n) is 14.0. The van der Waals surface area contributed by atoms with Crippen molar-refractivity contribution in [3.63, 3.8) is 0 Å². The van der Waals surface area contributed by atoms with Gasteiger partial charge in [0, 0.05) is 23.8 Å². The molecule has 1 unspecified atom stereocenters. The number of benzene rings is 2. The number of aromatic nitrogens is 4. The lowest BCUT2D eigenvalue weighted by Crippen LogP contribution is -2.44. The van der Waals surface area contributed by atoms with Crippen LogP contribution in [0.5, 0.6) is 0 Å². The minimum absolute atomic E-state index is 0.0491. The first-order chi connectivity index (χ1) is 20.5. The number of hydrogen-bond donors (Lipinski definition) is 2. The average Bonchev–Trinajstić information content (AvgIpc) is 3.27. The van der Waals surface area contributed by atoms with Crippen LogP contribution in [0.3, 0.4) is 0 Å².